The third kappa shape index (κ3) is 7.92. The van der Waals surface area contributed by atoms with E-state index in [2.05, 4.69) is 5.32 Å². The molecule has 0 unspecified atom stereocenters. The maximum atomic E-state index is 13.7. The summed E-state index contributed by atoms with van der Waals surface area (Å²) in [6.45, 7) is 3.36. The number of aryl methyl sites for hydroxylation is 1. The Kier molecular flexibility index (Phi) is 9.95. The van der Waals surface area contributed by atoms with Gasteiger partial charge in [-0.15, -0.1) is 0 Å². The lowest BCUT2D eigenvalue weighted by Gasteiger charge is -2.34. The van der Waals surface area contributed by atoms with E-state index >= 15 is 0 Å². The predicted octanol–water partition coefficient (Wildman–Crippen LogP) is 4.81. The van der Waals surface area contributed by atoms with Crippen LogP contribution < -0.4 is 9.62 Å². The molecule has 1 atom stereocenters. The van der Waals surface area contributed by atoms with Gasteiger partial charge in [-0.05, 0) is 49.9 Å². The number of anilines is 1. The number of amides is 2. The third-order valence-electron chi connectivity index (χ3n) is 6.68. The van der Waals surface area contributed by atoms with E-state index in [0.29, 0.717) is 6.42 Å². The molecule has 1 fully saturated rings. The van der Waals surface area contributed by atoms with Gasteiger partial charge < -0.3 is 10.2 Å². The van der Waals surface area contributed by atoms with Gasteiger partial charge in [-0.25, -0.2) is 12.8 Å². The van der Waals surface area contributed by atoms with Crippen LogP contribution in [0.2, 0.25) is 5.02 Å². The number of nitrogens with zero attached hydrogens (tertiary/aromatic N) is 2. The van der Waals surface area contributed by atoms with Crippen LogP contribution in [0, 0.1) is 12.7 Å². The molecular formula is C27H35ClFN3O4S. The SMILES string of the molecule is CC[C@H](C(=O)NC1CCCCC1)N(Cc1ccc(C)cc1)C(=O)CN(c1ccc(F)c(Cl)c1)S(C)(=O)=O. The number of sulfonamides is 1. The second-order valence-electron chi connectivity index (χ2n) is 9.64. The van der Waals surface area contributed by atoms with Gasteiger partial charge in [0.2, 0.25) is 21.8 Å². The fourth-order valence-electron chi connectivity index (χ4n) is 4.61. The highest BCUT2D eigenvalue weighted by Gasteiger charge is 2.33. The highest BCUT2D eigenvalue weighted by Crippen LogP contribution is 2.25. The maximum absolute atomic E-state index is 13.7. The van der Waals surface area contributed by atoms with E-state index in [1.54, 1.807) is 0 Å². The molecule has 2 aromatic carbocycles. The van der Waals surface area contributed by atoms with Crippen molar-refractivity contribution >= 4 is 39.1 Å². The fraction of sp³-hybridized carbons (Fsp3) is 0.481. The molecule has 0 aliphatic heterocycles. The van der Waals surface area contributed by atoms with E-state index in [-0.39, 0.29) is 29.2 Å². The highest BCUT2D eigenvalue weighted by atomic mass is 35.5. The van der Waals surface area contributed by atoms with E-state index in [9.17, 15) is 22.4 Å². The molecule has 2 amide bonds. The zero-order chi connectivity index (χ0) is 27.2. The summed E-state index contributed by atoms with van der Waals surface area (Å²) in [4.78, 5) is 28.5. The summed E-state index contributed by atoms with van der Waals surface area (Å²) in [5.74, 6) is -1.49. The average molecular weight is 552 g/mol. The quantitative estimate of drug-likeness (QED) is 0.459. The van der Waals surface area contributed by atoms with Crippen molar-refractivity contribution in [1.29, 1.82) is 0 Å². The molecule has 2 aromatic rings. The highest BCUT2D eigenvalue weighted by molar-refractivity contribution is 7.92. The topological polar surface area (TPSA) is 86.8 Å². The van der Waals surface area contributed by atoms with Crippen LogP contribution in [0.25, 0.3) is 0 Å². The number of nitrogens with one attached hydrogen (secondary N) is 1. The van der Waals surface area contributed by atoms with Gasteiger partial charge in [0.25, 0.3) is 0 Å². The molecule has 7 nitrogen and oxygen atoms in total. The second-order valence-corrected chi connectivity index (χ2v) is 12.0. The van der Waals surface area contributed by atoms with Crippen molar-refractivity contribution in [2.45, 2.75) is 71.0 Å². The number of benzene rings is 2. The van der Waals surface area contributed by atoms with Gasteiger partial charge in [-0.2, -0.15) is 0 Å². The summed E-state index contributed by atoms with van der Waals surface area (Å²) < 4.78 is 39.9. The summed E-state index contributed by atoms with van der Waals surface area (Å²) in [5, 5.41) is 2.85. The van der Waals surface area contributed by atoms with E-state index in [1.807, 2.05) is 38.1 Å². The van der Waals surface area contributed by atoms with Crippen LogP contribution in [-0.4, -0.2) is 50.0 Å². The van der Waals surface area contributed by atoms with E-state index in [1.165, 1.54) is 17.0 Å². The number of rotatable bonds is 10. The summed E-state index contributed by atoms with van der Waals surface area (Å²) in [6, 6.07) is 10.4. The Labute approximate surface area is 224 Å². The normalized spacial score (nSPS) is 15.2. The molecule has 1 N–H and O–H groups in total. The molecule has 3 rings (SSSR count). The largest absolute Gasteiger partial charge is 0.352 e. The molecule has 37 heavy (non-hydrogen) atoms. The van der Waals surface area contributed by atoms with Gasteiger partial charge in [0.1, 0.15) is 18.4 Å². The Morgan fingerprint density at radius 3 is 2.32 bits per heavy atom. The number of hydrogen-bond acceptors (Lipinski definition) is 4. The Balaban J connectivity index is 1.92. The molecule has 0 bridgehead atoms. The third-order valence-corrected chi connectivity index (χ3v) is 8.11. The van der Waals surface area contributed by atoms with Crippen molar-refractivity contribution in [1.82, 2.24) is 10.2 Å². The van der Waals surface area contributed by atoms with Gasteiger partial charge in [0.15, 0.2) is 0 Å². The van der Waals surface area contributed by atoms with Crippen LogP contribution >= 0.6 is 11.6 Å². The minimum atomic E-state index is -3.93. The van der Waals surface area contributed by atoms with Gasteiger partial charge in [-0.1, -0.05) is 67.6 Å². The van der Waals surface area contributed by atoms with Crippen molar-refractivity contribution in [3.05, 3.63) is 64.4 Å². The molecule has 0 radical (unpaired) electrons. The number of carbonyl (C=O) groups excluding carboxylic acids is 2. The Morgan fingerprint density at radius 2 is 1.76 bits per heavy atom. The summed E-state index contributed by atoms with van der Waals surface area (Å²) in [5.41, 5.74) is 1.94. The number of hydrogen-bond donors (Lipinski definition) is 1. The van der Waals surface area contributed by atoms with Crippen molar-refractivity contribution in [3.8, 4) is 0 Å². The van der Waals surface area contributed by atoms with E-state index in [0.717, 1.165) is 59.9 Å². The van der Waals surface area contributed by atoms with E-state index < -0.39 is 34.3 Å². The Morgan fingerprint density at radius 1 is 1.11 bits per heavy atom. The van der Waals surface area contributed by atoms with Gasteiger partial charge in [-0.3, -0.25) is 13.9 Å². The monoisotopic (exact) mass is 551 g/mol. The van der Waals surface area contributed by atoms with Crippen molar-refractivity contribution in [2.24, 2.45) is 0 Å². The van der Waals surface area contributed by atoms with E-state index in [4.69, 9.17) is 11.6 Å². The first-order chi connectivity index (χ1) is 17.5. The van der Waals surface area contributed by atoms with Crippen molar-refractivity contribution in [3.63, 3.8) is 0 Å². The number of halogens is 2. The van der Waals surface area contributed by atoms with Crippen LogP contribution in [0.3, 0.4) is 0 Å². The van der Waals surface area contributed by atoms with Crippen LogP contribution in [0.1, 0.15) is 56.6 Å². The predicted molar refractivity (Wildman–Crippen MR) is 144 cm³/mol. The number of carbonyl (C=O) groups is 2. The lowest BCUT2D eigenvalue weighted by molar-refractivity contribution is -0.140. The molecule has 1 saturated carbocycles. The minimum absolute atomic E-state index is 0.0669. The van der Waals surface area contributed by atoms with Gasteiger partial charge >= 0.3 is 0 Å². The van der Waals surface area contributed by atoms with Gasteiger partial charge in [0, 0.05) is 12.6 Å². The molecule has 10 heteroatoms. The van der Waals surface area contributed by atoms with Gasteiger partial charge in [0.05, 0.1) is 17.0 Å². The Hall–Kier alpha value is -2.65. The molecule has 1 aliphatic rings. The molecule has 0 saturated heterocycles. The zero-order valence-corrected chi connectivity index (χ0v) is 23.1. The summed E-state index contributed by atoms with van der Waals surface area (Å²) in [7, 11) is -3.93. The molecule has 202 valence electrons. The Bertz CT molecular complexity index is 1200. The maximum Gasteiger partial charge on any atom is 0.244 e. The summed E-state index contributed by atoms with van der Waals surface area (Å²) >= 11 is 5.89. The lowest BCUT2D eigenvalue weighted by atomic mass is 9.95. The first kappa shape index (κ1) is 28.9. The summed E-state index contributed by atoms with van der Waals surface area (Å²) in [6.07, 6.45) is 6.39. The molecule has 1 aliphatic carbocycles. The molecule has 0 aromatic heterocycles. The standard InChI is InChI=1S/C27H35ClFN3O4S/c1-4-25(27(34)30-21-8-6-5-7-9-21)31(17-20-12-10-19(2)11-13-20)26(33)18-32(37(3,35)36)22-14-15-24(29)23(28)16-22/h10-16,21,25H,4-9,17-18H2,1-3H3,(H,30,34)/t25-/m1/s1. The average Bonchev–Trinajstić information content (AvgIpc) is 2.85. The first-order valence-corrected chi connectivity index (χ1v) is 14.8. The van der Waals surface area contributed by atoms with Crippen molar-refractivity contribution < 1.29 is 22.4 Å². The molecular weight excluding hydrogens is 517 g/mol. The van der Waals surface area contributed by atoms with Crippen LogP contribution in [0.15, 0.2) is 42.5 Å². The molecule has 0 spiro atoms. The van der Waals surface area contributed by atoms with Crippen LogP contribution in [-0.2, 0) is 26.2 Å². The zero-order valence-electron chi connectivity index (χ0n) is 21.5. The van der Waals surface area contributed by atoms with Crippen LogP contribution in [0.4, 0.5) is 10.1 Å². The second kappa shape index (κ2) is 12.7. The smallest absolute Gasteiger partial charge is 0.244 e. The first-order valence-electron chi connectivity index (χ1n) is 12.6. The lowest BCUT2D eigenvalue weighted by Crippen LogP contribution is -2.53. The minimum Gasteiger partial charge on any atom is -0.352 e. The van der Waals surface area contributed by atoms with Crippen LogP contribution in [0.5, 0.6) is 0 Å². The van der Waals surface area contributed by atoms with Crippen molar-refractivity contribution in [2.75, 3.05) is 17.1 Å². The molecule has 0 heterocycles. The fourth-order valence-corrected chi connectivity index (χ4v) is 5.62.